The predicted octanol–water partition coefficient (Wildman–Crippen LogP) is 2.42. The summed E-state index contributed by atoms with van der Waals surface area (Å²) >= 11 is 6.38. The molecule has 0 spiro atoms. The lowest BCUT2D eigenvalue weighted by Gasteiger charge is -2.06. The van der Waals surface area contributed by atoms with Crippen molar-refractivity contribution in [3.8, 4) is 0 Å². The Balaban J connectivity index is 0.000000221. The molecule has 2 aromatic rings. The number of nitrogens with zero attached hydrogens (tertiary/aromatic N) is 2. The second-order valence-electron chi connectivity index (χ2n) is 5.96. The van der Waals surface area contributed by atoms with Crippen LogP contribution in [0.15, 0.2) is 45.6 Å². The van der Waals surface area contributed by atoms with Gasteiger partial charge >= 0.3 is 5.97 Å². The summed E-state index contributed by atoms with van der Waals surface area (Å²) in [5, 5.41) is 8.40. The van der Waals surface area contributed by atoms with Crippen molar-refractivity contribution in [2.75, 3.05) is 0 Å². The number of carboxylic acid groups (broad SMARTS) is 1. The quantitative estimate of drug-likeness (QED) is 0.417. The number of amides is 2. The summed E-state index contributed by atoms with van der Waals surface area (Å²) in [5.41, 5.74) is 5.99. The predicted molar refractivity (Wildman–Crippen MR) is 108 cm³/mol. The van der Waals surface area contributed by atoms with Crippen molar-refractivity contribution in [1.29, 1.82) is 0 Å². The van der Waals surface area contributed by atoms with Crippen LogP contribution in [-0.4, -0.2) is 32.9 Å². The van der Waals surface area contributed by atoms with Gasteiger partial charge in [0.2, 0.25) is 11.8 Å². The fraction of sp³-hybridized carbons (Fsp3) is 0.278. The first-order valence-corrected chi connectivity index (χ1v) is 9.95. The number of hydrogen-bond donors (Lipinski definition) is 3. The van der Waals surface area contributed by atoms with Crippen molar-refractivity contribution in [3.05, 3.63) is 57.0 Å². The normalized spacial score (nSPS) is 12.4. The SMILES string of the molecule is O=C(Cc1cccc(Br)n1)NNC(=O)C1CC1.O=C(O)Cc1cccc(Br)n1. The number of rotatable bonds is 5. The van der Waals surface area contributed by atoms with E-state index in [4.69, 9.17) is 5.11 Å². The molecule has 28 heavy (non-hydrogen) atoms. The third-order valence-corrected chi connectivity index (χ3v) is 4.38. The minimum Gasteiger partial charge on any atom is -0.481 e. The first kappa shape index (κ1) is 22.0. The van der Waals surface area contributed by atoms with Crippen LogP contribution in [-0.2, 0) is 27.2 Å². The minimum absolute atomic E-state index is 0.0283. The Morgan fingerprint density at radius 1 is 0.929 bits per heavy atom. The number of carbonyl (C=O) groups is 3. The van der Waals surface area contributed by atoms with E-state index in [0.717, 1.165) is 12.8 Å². The van der Waals surface area contributed by atoms with E-state index < -0.39 is 5.97 Å². The van der Waals surface area contributed by atoms with Crippen molar-refractivity contribution in [3.63, 3.8) is 0 Å². The van der Waals surface area contributed by atoms with E-state index in [-0.39, 0.29) is 30.6 Å². The first-order valence-electron chi connectivity index (χ1n) is 8.37. The van der Waals surface area contributed by atoms with Gasteiger partial charge in [0.15, 0.2) is 0 Å². The smallest absolute Gasteiger partial charge is 0.309 e. The van der Waals surface area contributed by atoms with Gasteiger partial charge in [0.1, 0.15) is 9.21 Å². The molecule has 2 heterocycles. The van der Waals surface area contributed by atoms with Crippen molar-refractivity contribution < 1.29 is 19.5 Å². The largest absolute Gasteiger partial charge is 0.481 e. The number of halogens is 2. The van der Waals surface area contributed by atoms with Gasteiger partial charge in [-0.25, -0.2) is 9.97 Å². The van der Waals surface area contributed by atoms with E-state index in [1.165, 1.54) is 0 Å². The molecule has 0 unspecified atom stereocenters. The molecule has 3 N–H and O–H groups in total. The van der Waals surface area contributed by atoms with Crippen LogP contribution in [0.1, 0.15) is 24.2 Å². The molecule has 1 aliphatic rings. The fourth-order valence-corrected chi connectivity index (χ4v) is 2.80. The van der Waals surface area contributed by atoms with Crippen molar-refractivity contribution in [1.82, 2.24) is 20.8 Å². The number of aromatic nitrogens is 2. The van der Waals surface area contributed by atoms with Crippen LogP contribution in [0.2, 0.25) is 0 Å². The van der Waals surface area contributed by atoms with E-state index in [0.29, 0.717) is 20.6 Å². The zero-order valence-electron chi connectivity index (χ0n) is 14.7. The van der Waals surface area contributed by atoms with Gasteiger partial charge in [0.05, 0.1) is 24.2 Å². The molecule has 0 atom stereocenters. The van der Waals surface area contributed by atoms with E-state index >= 15 is 0 Å². The molecule has 0 aliphatic heterocycles. The average Bonchev–Trinajstić information content (AvgIpc) is 3.45. The molecular formula is C18H18Br2N4O4. The summed E-state index contributed by atoms with van der Waals surface area (Å²) in [6, 6.07) is 10.5. The molecule has 1 saturated carbocycles. The molecule has 0 aromatic carbocycles. The number of hydrazine groups is 1. The number of carbonyl (C=O) groups excluding carboxylic acids is 2. The molecule has 148 valence electrons. The Labute approximate surface area is 178 Å². The van der Waals surface area contributed by atoms with Gasteiger partial charge in [-0.1, -0.05) is 12.1 Å². The monoisotopic (exact) mass is 512 g/mol. The fourth-order valence-electron chi connectivity index (χ4n) is 2.04. The van der Waals surface area contributed by atoms with Crippen molar-refractivity contribution in [2.45, 2.75) is 25.7 Å². The second kappa shape index (κ2) is 10.9. The number of carboxylic acids is 1. The van der Waals surface area contributed by atoms with Gasteiger partial charge in [-0.3, -0.25) is 25.2 Å². The maximum Gasteiger partial charge on any atom is 0.309 e. The maximum absolute atomic E-state index is 11.5. The van der Waals surface area contributed by atoms with Gasteiger partial charge in [-0.05, 0) is 69.0 Å². The Morgan fingerprint density at radius 3 is 1.93 bits per heavy atom. The number of hydrogen-bond acceptors (Lipinski definition) is 5. The molecular weight excluding hydrogens is 496 g/mol. The maximum atomic E-state index is 11.5. The van der Waals surface area contributed by atoms with Gasteiger partial charge < -0.3 is 5.11 Å². The van der Waals surface area contributed by atoms with Crippen LogP contribution >= 0.6 is 31.9 Å². The molecule has 0 radical (unpaired) electrons. The Kier molecular flexibility index (Phi) is 8.52. The lowest BCUT2D eigenvalue weighted by atomic mass is 10.3. The van der Waals surface area contributed by atoms with Crippen LogP contribution in [0.4, 0.5) is 0 Å². The van der Waals surface area contributed by atoms with Gasteiger partial charge in [-0.2, -0.15) is 0 Å². The van der Waals surface area contributed by atoms with Crippen LogP contribution in [0, 0.1) is 5.92 Å². The Bertz CT molecular complexity index is 859. The second-order valence-corrected chi connectivity index (χ2v) is 7.59. The van der Waals surface area contributed by atoms with Crippen LogP contribution in [0.3, 0.4) is 0 Å². The zero-order valence-corrected chi connectivity index (χ0v) is 17.9. The van der Waals surface area contributed by atoms with E-state index in [9.17, 15) is 14.4 Å². The topological polar surface area (TPSA) is 121 Å². The van der Waals surface area contributed by atoms with Gasteiger partial charge in [0, 0.05) is 5.92 Å². The van der Waals surface area contributed by atoms with Gasteiger partial charge in [-0.15, -0.1) is 0 Å². The molecule has 0 saturated heterocycles. The highest BCUT2D eigenvalue weighted by molar-refractivity contribution is 9.10. The summed E-state index contributed by atoms with van der Waals surface area (Å²) in [7, 11) is 0. The summed E-state index contributed by atoms with van der Waals surface area (Å²) in [5.74, 6) is -1.17. The van der Waals surface area contributed by atoms with Gasteiger partial charge in [0.25, 0.3) is 0 Å². The summed E-state index contributed by atoms with van der Waals surface area (Å²) in [6.07, 6.45) is 1.94. The molecule has 2 amide bonds. The van der Waals surface area contributed by atoms with Crippen LogP contribution in [0.5, 0.6) is 0 Å². The third kappa shape index (κ3) is 8.57. The Morgan fingerprint density at radius 2 is 1.46 bits per heavy atom. The van der Waals surface area contributed by atoms with E-state index in [2.05, 4.69) is 52.7 Å². The van der Waals surface area contributed by atoms with Crippen molar-refractivity contribution in [2.24, 2.45) is 5.92 Å². The lowest BCUT2D eigenvalue weighted by Crippen LogP contribution is -2.43. The van der Waals surface area contributed by atoms with Crippen LogP contribution < -0.4 is 10.9 Å². The zero-order chi connectivity index (χ0) is 20.5. The Hall–Kier alpha value is -2.33. The molecule has 10 heteroatoms. The number of nitrogens with one attached hydrogen (secondary N) is 2. The highest BCUT2D eigenvalue weighted by Crippen LogP contribution is 2.28. The van der Waals surface area contributed by atoms with Crippen molar-refractivity contribution >= 4 is 49.6 Å². The highest BCUT2D eigenvalue weighted by Gasteiger charge is 2.29. The molecule has 3 rings (SSSR count). The summed E-state index contributed by atoms with van der Waals surface area (Å²) in [6.45, 7) is 0. The molecule has 0 bridgehead atoms. The molecule has 8 nitrogen and oxygen atoms in total. The molecule has 2 aromatic heterocycles. The summed E-state index contributed by atoms with van der Waals surface area (Å²) < 4.78 is 1.35. The average molecular weight is 514 g/mol. The standard InChI is InChI=1S/C11H12BrN3O2.C7H6BrNO2/c12-9-3-1-2-8(13-9)6-10(16)14-15-11(17)7-4-5-7;8-6-3-1-2-5(9-6)4-7(10)11/h1-3,7H,4-6H2,(H,14,16)(H,15,17);1-3H,4H2,(H,10,11). The molecule has 1 fully saturated rings. The third-order valence-electron chi connectivity index (χ3n) is 3.49. The number of aliphatic carboxylic acids is 1. The first-order chi connectivity index (χ1) is 13.3. The van der Waals surface area contributed by atoms with E-state index in [1.54, 1.807) is 30.3 Å². The minimum atomic E-state index is -0.865. The number of pyridine rings is 2. The van der Waals surface area contributed by atoms with Crippen LogP contribution in [0.25, 0.3) is 0 Å². The lowest BCUT2D eigenvalue weighted by molar-refractivity contribution is -0.136. The highest BCUT2D eigenvalue weighted by atomic mass is 79.9. The molecule has 1 aliphatic carbocycles. The van der Waals surface area contributed by atoms with E-state index in [1.807, 2.05) is 6.07 Å². The summed E-state index contributed by atoms with van der Waals surface area (Å²) in [4.78, 5) is 41.1.